The van der Waals surface area contributed by atoms with Crippen LogP contribution in [0.25, 0.3) is 21.5 Å². The summed E-state index contributed by atoms with van der Waals surface area (Å²) in [7, 11) is -20.0. The van der Waals surface area contributed by atoms with Crippen molar-refractivity contribution in [2.45, 2.75) is 19.6 Å². The van der Waals surface area contributed by atoms with Crippen LogP contribution in [-0.2, 0) is 50.0 Å². The summed E-state index contributed by atoms with van der Waals surface area (Å²) in [5, 5.41) is 26.8. The number of anilines is 5. The third-order valence-electron chi connectivity index (χ3n) is 8.16. The zero-order valence-corrected chi connectivity index (χ0v) is 33.7. The van der Waals surface area contributed by atoms with Gasteiger partial charge in [-0.25, -0.2) is 4.79 Å². The number of esters is 1. The van der Waals surface area contributed by atoms with Gasteiger partial charge in [0.25, 0.3) is 40.5 Å². The molecule has 8 N–H and O–H groups in total. The van der Waals surface area contributed by atoms with E-state index >= 15 is 0 Å². The van der Waals surface area contributed by atoms with Crippen molar-refractivity contribution in [2.75, 3.05) is 29.1 Å². The largest absolute Gasteiger partial charge is 0.505 e. The number of fused-ring (bicyclic) bond motifs is 2. The van der Waals surface area contributed by atoms with E-state index in [2.05, 4.69) is 47.7 Å². The van der Waals surface area contributed by atoms with Gasteiger partial charge in [0.2, 0.25) is 17.8 Å². The third kappa shape index (κ3) is 10.2. The van der Waals surface area contributed by atoms with Crippen LogP contribution in [0.4, 0.5) is 40.6 Å². The van der Waals surface area contributed by atoms with E-state index in [4.69, 9.17) is 4.74 Å². The first-order valence-electron chi connectivity index (χ1n) is 16.6. The zero-order valence-electron chi connectivity index (χ0n) is 30.4. The Balaban J connectivity index is 1.52. The molecule has 61 heavy (non-hydrogen) atoms. The molecule has 0 aliphatic heterocycles. The van der Waals surface area contributed by atoms with Crippen molar-refractivity contribution >= 4 is 109 Å². The van der Waals surface area contributed by atoms with Gasteiger partial charge in [-0.15, -0.1) is 10.2 Å². The molecule has 1 heterocycles. The number of nitrogens with zero attached hydrogens (tertiary/aromatic N) is 5. The Morgan fingerprint density at radius 1 is 0.705 bits per heavy atom. The number of benzene rings is 5. The molecule has 0 saturated heterocycles. The normalized spacial score (nSPS) is 12.4. The van der Waals surface area contributed by atoms with Gasteiger partial charge in [0, 0.05) is 22.5 Å². The minimum absolute atomic E-state index is 0.00335. The van der Waals surface area contributed by atoms with Crippen LogP contribution in [0.15, 0.2) is 121 Å². The Kier molecular flexibility index (Phi) is 12.0. The van der Waals surface area contributed by atoms with E-state index in [0.29, 0.717) is 11.5 Å². The maximum Gasteiger partial charge on any atom is 0.330 e. The van der Waals surface area contributed by atoms with Crippen molar-refractivity contribution in [3.8, 4) is 5.75 Å². The van der Waals surface area contributed by atoms with Gasteiger partial charge in [-0.2, -0.15) is 48.6 Å². The highest BCUT2D eigenvalue weighted by atomic mass is 32.2. The average Bonchev–Trinajstić information content (AvgIpc) is 3.17. The Labute approximate surface area is 344 Å². The van der Waals surface area contributed by atoms with Crippen molar-refractivity contribution in [3.05, 3.63) is 91.5 Å². The van der Waals surface area contributed by atoms with E-state index in [1.165, 1.54) is 36.4 Å². The standard InChI is InChI=1S/C34H28N8O15S4/c1-2-27(43)57-14-13-35-32-38-33(36-20-8-10-21(11-9-20)58(45,46)47)40-34(39-32)37-25-17-22(59(48,49)50)15-19-16-26(60(51,52)53)29(30(44)28(19)25)42-41-24-12-7-18-5-3-4-6-23(18)31(24)61(54,55)56/h2-12,15-17,44H,1,13-14H2,(H,45,46,47)(H,48,49,50)(H,51,52,53)(H,54,55,56)(H3,35,36,37,38,39,40)/b42-41+. The average molecular weight is 917 g/mol. The van der Waals surface area contributed by atoms with Gasteiger partial charge in [-0.1, -0.05) is 36.9 Å². The molecule has 0 radical (unpaired) electrons. The molecular formula is C34H28N8O15S4. The summed E-state index contributed by atoms with van der Waals surface area (Å²) in [5.41, 5.74) is -1.83. The fourth-order valence-electron chi connectivity index (χ4n) is 5.59. The predicted octanol–water partition coefficient (Wildman–Crippen LogP) is 4.91. The molecule has 6 rings (SSSR count). The molecule has 27 heteroatoms. The molecule has 0 bridgehead atoms. The number of aromatic hydroxyl groups is 1. The predicted molar refractivity (Wildman–Crippen MR) is 215 cm³/mol. The second-order valence-corrected chi connectivity index (χ2v) is 17.8. The first-order chi connectivity index (χ1) is 28.5. The van der Waals surface area contributed by atoms with Gasteiger partial charge in [-0.3, -0.25) is 18.2 Å². The maximum absolute atomic E-state index is 12.7. The molecule has 0 aliphatic carbocycles. The fourth-order valence-corrected chi connectivity index (χ4v) is 8.10. The lowest BCUT2D eigenvalue weighted by Crippen LogP contribution is -2.15. The first-order valence-corrected chi connectivity index (χ1v) is 22.4. The van der Waals surface area contributed by atoms with Crippen molar-refractivity contribution in [3.63, 3.8) is 0 Å². The van der Waals surface area contributed by atoms with Gasteiger partial charge >= 0.3 is 5.97 Å². The Morgan fingerprint density at radius 3 is 1.97 bits per heavy atom. The van der Waals surface area contributed by atoms with Gasteiger partial charge < -0.3 is 25.8 Å². The number of hydrogen-bond acceptors (Lipinski definition) is 19. The molecule has 5 aromatic carbocycles. The summed E-state index contributed by atoms with van der Waals surface area (Å²) < 4.78 is 143. The van der Waals surface area contributed by atoms with Crippen LogP contribution >= 0.6 is 0 Å². The van der Waals surface area contributed by atoms with Crippen molar-refractivity contribution in [2.24, 2.45) is 10.2 Å². The first kappa shape index (κ1) is 43.8. The minimum atomic E-state index is -5.36. The lowest BCUT2D eigenvalue weighted by atomic mass is 10.1. The highest BCUT2D eigenvalue weighted by Gasteiger charge is 2.27. The monoisotopic (exact) mass is 916 g/mol. The number of phenolic OH excluding ortho intramolecular Hbond substituents is 1. The summed E-state index contributed by atoms with van der Waals surface area (Å²) in [6, 6.07) is 15.2. The van der Waals surface area contributed by atoms with Crippen molar-refractivity contribution in [1.82, 2.24) is 15.0 Å². The molecule has 6 aromatic rings. The topological polar surface area (TPSA) is 363 Å². The molecule has 0 aliphatic rings. The SMILES string of the molecule is C=CC(=O)OCCNc1nc(Nc2ccc(S(=O)(=O)O)cc2)nc(Nc2cc(S(=O)(=O)O)cc3cc(S(=O)(=O)O)c(/N=N/c4ccc5ccccc5c4S(=O)(=O)O)c(O)c23)n1. The van der Waals surface area contributed by atoms with Gasteiger partial charge in [0.05, 0.1) is 22.0 Å². The number of carbonyl (C=O) groups is 1. The Morgan fingerprint density at radius 2 is 1.34 bits per heavy atom. The zero-order chi connectivity index (χ0) is 44.5. The van der Waals surface area contributed by atoms with Crippen molar-refractivity contribution in [1.29, 1.82) is 0 Å². The number of azo groups is 1. The number of carbonyl (C=O) groups excluding carboxylic acids is 1. The maximum atomic E-state index is 12.7. The number of hydrogen-bond donors (Lipinski definition) is 8. The van der Waals surface area contributed by atoms with E-state index in [-0.39, 0.29) is 36.1 Å². The summed E-state index contributed by atoms with van der Waals surface area (Å²) in [4.78, 5) is 20.9. The Bertz CT molecular complexity index is 3260. The quantitative estimate of drug-likeness (QED) is 0.0223. The lowest BCUT2D eigenvalue weighted by Gasteiger charge is -2.16. The van der Waals surface area contributed by atoms with Crippen LogP contribution < -0.4 is 16.0 Å². The number of rotatable bonds is 15. The number of aromatic nitrogens is 3. The van der Waals surface area contributed by atoms with E-state index in [0.717, 1.165) is 36.4 Å². The molecule has 318 valence electrons. The molecular weight excluding hydrogens is 889 g/mol. The molecule has 0 fully saturated rings. The molecule has 1 aromatic heterocycles. The number of ether oxygens (including phenoxy) is 1. The van der Waals surface area contributed by atoms with Crippen LogP contribution in [0.2, 0.25) is 0 Å². The van der Waals surface area contributed by atoms with Gasteiger partial charge in [0.1, 0.15) is 27.8 Å². The summed E-state index contributed by atoms with van der Waals surface area (Å²) in [6.45, 7) is 2.97. The van der Waals surface area contributed by atoms with E-state index in [9.17, 15) is 61.8 Å². The summed E-state index contributed by atoms with van der Waals surface area (Å²) in [6.07, 6.45) is 0.923. The van der Waals surface area contributed by atoms with E-state index in [1.54, 1.807) is 6.07 Å². The smallest absolute Gasteiger partial charge is 0.330 e. The molecule has 0 spiro atoms. The highest BCUT2D eigenvalue weighted by Crippen LogP contribution is 2.46. The minimum Gasteiger partial charge on any atom is -0.505 e. The second-order valence-electron chi connectivity index (χ2n) is 12.3. The van der Waals surface area contributed by atoms with Gasteiger partial charge in [-0.05, 0) is 59.3 Å². The summed E-state index contributed by atoms with van der Waals surface area (Å²) >= 11 is 0. The molecule has 23 nitrogen and oxygen atoms in total. The van der Waals surface area contributed by atoms with Crippen molar-refractivity contribution < 1.29 is 66.5 Å². The summed E-state index contributed by atoms with van der Waals surface area (Å²) in [5.74, 6) is -2.83. The molecule has 0 unspecified atom stereocenters. The van der Waals surface area contributed by atoms with E-state index in [1.807, 2.05) is 0 Å². The van der Waals surface area contributed by atoms with E-state index < -0.39 is 106 Å². The lowest BCUT2D eigenvalue weighted by molar-refractivity contribution is -0.137. The molecule has 0 saturated carbocycles. The van der Waals surface area contributed by atoms with Gasteiger partial charge in [0.15, 0.2) is 5.75 Å². The van der Waals surface area contributed by atoms with Crippen LogP contribution in [0.3, 0.4) is 0 Å². The fraction of sp³-hybridized carbons (Fsp3) is 0.0588. The molecule has 0 amide bonds. The van der Waals surface area contributed by atoms with Crippen LogP contribution in [0.1, 0.15) is 0 Å². The molecule has 0 atom stereocenters. The number of phenols is 1. The second kappa shape index (κ2) is 16.7. The highest BCUT2D eigenvalue weighted by molar-refractivity contribution is 7.86. The van der Waals surface area contributed by atoms with Crippen LogP contribution in [-0.4, -0.2) is 91.1 Å². The van der Waals surface area contributed by atoms with Crippen LogP contribution in [0, 0.1) is 0 Å². The Hall–Kier alpha value is -6.72. The number of nitrogens with one attached hydrogen (secondary N) is 3. The third-order valence-corrected chi connectivity index (χ3v) is 11.7. The van der Waals surface area contributed by atoms with Crippen LogP contribution in [0.5, 0.6) is 5.75 Å².